The number of hydrogen-bond donors (Lipinski definition) is 1. The molecule has 1 aliphatic rings. The maximum absolute atomic E-state index is 12.8. The maximum Gasteiger partial charge on any atom is 0.123 e. The van der Waals surface area contributed by atoms with E-state index in [4.69, 9.17) is 5.73 Å². The minimum atomic E-state index is -0.195. The molecule has 1 aromatic rings. The summed E-state index contributed by atoms with van der Waals surface area (Å²) >= 11 is 1.94. The van der Waals surface area contributed by atoms with E-state index in [1.165, 1.54) is 43.6 Å². The van der Waals surface area contributed by atoms with E-state index in [2.05, 4.69) is 0 Å². The second-order valence-corrected chi connectivity index (χ2v) is 5.92. The van der Waals surface area contributed by atoms with Crippen LogP contribution in [0.25, 0.3) is 0 Å². The average molecular weight is 253 g/mol. The Balaban J connectivity index is 1.72. The molecule has 0 spiro atoms. The predicted molar refractivity (Wildman–Crippen MR) is 72.6 cm³/mol. The number of halogens is 1. The zero-order valence-corrected chi connectivity index (χ0v) is 10.9. The van der Waals surface area contributed by atoms with Gasteiger partial charge in [0.05, 0.1) is 0 Å². The van der Waals surface area contributed by atoms with Crippen LogP contribution in [0.4, 0.5) is 4.39 Å². The van der Waals surface area contributed by atoms with Crippen molar-refractivity contribution in [2.45, 2.75) is 31.7 Å². The van der Waals surface area contributed by atoms with Crippen molar-refractivity contribution in [3.05, 3.63) is 35.6 Å². The highest BCUT2D eigenvalue weighted by atomic mass is 32.2. The van der Waals surface area contributed by atoms with E-state index in [0.717, 1.165) is 17.2 Å². The summed E-state index contributed by atoms with van der Waals surface area (Å²) in [6.45, 7) is 0. The first kappa shape index (κ1) is 12.9. The molecule has 0 aromatic heterocycles. The Morgan fingerprint density at radius 2 is 1.88 bits per heavy atom. The van der Waals surface area contributed by atoms with E-state index in [1.807, 2.05) is 11.8 Å². The smallest absolute Gasteiger partial charge is 0.123 e. The molecule has 0 radical (unpaired) electrons. The van der Waals surface area contributed by atoms with Crippen LogP contribution in [-0.2, 0) is 0 Å². The van der Waals surface area contributed by atoms with Gasteiger partial charge in [0.15, 0.2) is 0 Å². The highest BCUT2D eigenvalue weighted by Crippen LogP contribution is 2.29. The van der Waals surface area contributed by atoms with E-state index in [1.54, 1.807) is 12.1 Å². The average Bonchev–Trinajstić information content (AvgIpc) is 2.83. The lowest BCUT2D eigenvalue weighted by molar-refractivity contribution is 0.622. The molecular weight excluding hydrogens is 233 g/mol. The van der Waals surface area contributed by atoms with Gasteiger partial charge in [0.1, 0.15) is 5.82 Å². The normalized spacial score (nSPS) is 18.5. The van der Waals surface area contributed by atoms with Gasteiger partial charge in [-0.05, 0) is 42.2 Å². The maximum atomic E-state index is 12.8. The molecule has 1 fully saturated rings. The van der Waals surface area contributed by atoms with Crippen LogP contribution in [0.5, 0.6) is 0 Å². The second-order valence-electron chi connectivity index (χ2n) is 4.85. The first-order chi connectivity index (χ1) is 8.25. The van der Waals surface area contributed by atoms with Crippen molar-refractivity contribution in [3.63, 3.8) is 0 Å². The number of rotatable bonds is 5. The van der Waals surface area contributed by atoms with Crippen LogP contribution in [0.1, 0.15) is 37.3 Å². The minimum absolute atomic E-state index is 0.0296. The van der Waals surface area contributed by atoms with E-state index >= 15 is 0 Å². The molecule has 2 N–H and O–H groups in total. The quantitative estimate of drug-likeness (QED) is 0.865. The Kier molecular flexibility index (Phi) is 4.86. The summed E-state index contributed by atoms with van der Waals surface area (Å²) < 4.78 is 12.8. The molecule has 0 aliphatic heterocycles. The van der Waals surface area contributed by atoms with Crippen LogP contribution in [0, 0.1) is 11.7 Å². The largest absolute Gasteiger partial charge is 0.323 e. The van der Waals surface area contributed by atoms with Crippen molar-refractivity contribution in [1.82, 2.24) is 0 Å². The number of nitrogens with two attached hydrogens (primary N) is 1. The molecule has 1 saturated carbocycles. The molecule has 0 heterocycles. The van der Waals surface area contributed by atoms with Gasteiger partial charge >= 0.3 is 0 Å². The van der Waals surface area contributed by atoms with E-state index < -0.39 is 0 Å². The van der Waals surface area contributed by atoms with Gasteiger partial charge in [0.25, 0.3) is 0 Å². The molecule has 0 amide bonds. The lowest BCUT2D eigenvalue weighted by atomic mass is 10.1. The molecule has 1 nitrogen and oxygen atoms in total. The van der Waals surface area contributed by atoms with Crippen LogP contribution >= 0.6 is 11.8 Å². The standard InChI is InChI=1S/C14H20FNS/c15-13-7-5-12(6-8-13)14(16)10-17-9-11-3-1-2-4-11/h5-8,11,14H,1-4,9-10,16H2. The molecule has 1 aromatic carbocycles. The van der Waals surface area contributed by atoms with Crippen LogP contribution < -0.4 is 5.73 Å². The summed E-state index contributed by atoms with van der Waals surface area (Å²) in [5, 5.41) is 0. The number of hydrogen-bond acceptors (Lipinski definition) is 2. The van der Waals surface area contributed by atoms with E-state index in [-0.39, 0.29) is 11.9 Å². The molecular formula is C14H20FNS. The van der Waals surface area contributed by atoms with Crippen molar-refractivity contribution in [1.29, 1.82) is 0 Å². The molecule has 1 atom stereocenters. The van der Waals surface area contributed by atoms with Gasteiger partial charge in [0.2, 0.25) is 0 Å². The topological polar surface area (TPSA) is 26.0 Å². The van der Waals surface area contributed by atoms with E-state index in [0.29, 0.717) is 0 Å². The molecule has 3 heteroatoms. The van der Waals surface area contributed by atoms with Crippen molar-refractivity contribution < 1.29 is 4.39 Å². The van der Waals surface area contributed by atoms with Gasteiger partial charge in [-0.15, -0.1) is 0 Å². The number of benzene rings is 1. The highest BCUT2D eigenvalue weighted by molar-refractivity contribution is 7.99. The van der Waals surface area contributed by atoms with Gasteiger partial charge in [-0.1, -0.05) is 25.0 Å². The van der Waals surface area contributed by atoms with Crippen LogP contribution in [0.15, 0.2) is 24.3 Å². The molecule has 0 bridgehead atoms. The molecule has 17 heavy (non-hydrogen) atoms. The zero-order chi connectivity index (χ0) is 12.1. The fraction of sp³-hybridized carbons (Fsp3) is 0.571. The van der Waals surface area contributed by atoms with Gasteiger partial charge in [0, 0.05) is 11.8 Å². The molecule has 94 valence electrons. The zero-order valence-electron chi connectivity index (χ0n) is 10.1. The van der Waals surface area contributed by atoms with Crippen LogP contribution in [0.2, 0.25) is 0 Å². The Labute approximate surface area is 107 Å². The van der Waals surface area contributed by atoms with Gasteiger partial charge < -0.3 is 5.73 Å². The molecule has 2 rings (SSSR count). The van der Waals surface area contributed by atoms with Gasteiger partial charge in [-0.2, -0.15) is 11.8 Å². The Morgan fingerprint density at radius 3 is 2.53 bits per heavy atom. The first-order valence-corrected chi connectivity index (χ1v) is 7.50. The monoisotopic (exact) mass is 253 g/mol. The Hall–Kier alpha value is -0.540. The summed E-state index contributed by atoms with van der Waals surface area (Å²) in [4.78, 5) is 0. The lowest BCUT2D eigenvalue weighted by Crippen LogP contribution is -2.14. The number of thioether (sulfide) groups is 1. The molecule has 0 saturated heterocycles. The van der Waals surface area contributed by atoms with Crippen LogP contribution in [0.3, 0.4) is 0 Å². The van der Waals surface area contributed by atoms with Crippen molar-refractivity contribution >= 4 is 11.8 Å². The molecule has 1 aliphatic carbocycles. The first-order valence-electron chi connectivity index (χ1n) is 6.34. The van der Waals surface area contributed by atoms with Crippen molar-refractivity contribution in [2.24, 2.45) is 11.7 Å². The third kappa shape index (κ3) is 4.00. The Bertz CT molecular complexity index is 333. The highest BCUT2D eigenvalue weighted by Gasteiger charge is 2.15. The summed E-state index contributed by atoms with van der Waals surface area (Å²) in [5.41, 5.74) is 7.12. The van der Waals surface area contributed by atoms with Crippen LogP contribution in [-0.4, -0.2) is 11.5 Å². The van der Waals surface area contributed by atoms with Crippen molar-refractivity contribution in [3.8, 4) is 0 Å². The summed E-state index contributed by atoms with van der Waals surface area (Å²) in [7, 11) is 0. The summed E-state index contributed by atoms with van der Waals surface area (Å²) in [6, 6.07) is 6.57. The third-order valence-electron chi connectivity index (χ3n) is 3.42. The fourth-order valence-electron chi connectivity index (χ4n) is 2.34. The second kappa shape index (κ2) is 6.41. The summed E-state index contributed by atoms with van der Waals surface area (Å²) in [5.74, 6) is 2.87. The van der Waals surface area contributed by atoms with E-state index in [9.17, 15) is 4.39 Å². The van der Waals surface area contributed by atoms with Gasteiger partial charge in [-0.3, -0.25) is 0 Å². The fourth-order valence-corrected chi connectivity index (χ4v) is 3.59. The molecule has 1 unspecified atom stereocenters. The van der Waals surface area contributed by atoms with Gasteiger partial charge in [-0.25, -0.2) is 4.39 Å². The third-order valence-corrected chi connectivity index (χ3v) is 4.73. The summed E-state index contributed by atoms with van der Waals surface area (Å²) in [6.07, 6.45) is 5.57. The SMILES string of the molecule is NC(CSCC1CCCC1)c1ccc(F)cc1. The Morgan fingerprint density at radius 1 is 1.24 bits per heavy atom. The lowest BCUT2D eigenvalue weighted by Gasteiger charge is -2.13. The van der Waals surface area contributed by atoms with Crippen molar-refractivity contribution in [2.75, 3.05) is 11.5 Å². The minimum Gasteiger partial charge on any atom is -0.323 e. The predicted octanol–water partition coefficient (Wildman–Crippen LogP) is 3.75.